The van der Waals surface area contributed by atoms with E-state index in [1.165, 1.54) is 0 Å². The summed E-state index contributed by atoms with van der Waals surface area (Å²) in [5, 5.41) is 5.48. The molecule has 0 radical (unpaired) electrons. The molecular formula is C17H19BrClN2O2+. The molecule has 1 atom stereocenters. The van der Waals surface area contributed by atoms with E-state index in [4.69, 9.17) is 16.3 Å². The topological polar surface area (TPSA) is 54.9 Å². The largest absolute Gasteiger partial charge is 0.496 e. The summed E-state index contributed by atoms with van der Waals surface area (Å²) in [6.45, 7) is 2.40. The quantitative estimate of drug-likeness (QED) is 0.784. The molecule has 0 aliphatic rings. The molecule has 6 heteroatoms. The number of rotatable bonds is 6. The number of anilines is 1. The van der Waals surface area contributed by atoms with Crippen LogP contribution < -0.4 is 15.4 Å². The molecule has 0 saturated heterocycles. The molecular weight excluding hydrogens is 380 g/mol. The molecule has 3 N–H and O–H groups in total. The lowest BCUT2D eigenvalue weighted by Crippen LogP contribution is -2.86. The highest BCUT2D eigenvalue weighted by Crippen LogP contribution is 2.27. The van der Waals surface area contributed by atoms with Gasteiger partial charge in [0.25, 0.3) is 5.91 Å². The Labute approximate surface area is 149 Å². The summed E-state index contributed by atoms with van der Waals surface area (Å²) < 4.78 is 6.13. The molecule has 4 nitrogen and oxygen atoms in total. The van der Waals surface area contributed by atoms with Crippen LogP contribution in [-0.4, -0.2) is 19.6 Å². The zero-order valence-corrected chi connectivity index (χ0v) is 15.3. The van der Waals surface area contributed by atoms with E-state index in [1.54, 1.807) is 31.4 Å². The normalized spacial score (nSPS) is 11.8. The molecule has 2 aromatic carbocycles. The minimum absolute atomic E-state index is 0.0493. The summed E-state index contributed by atoms with van der Waals surface area (Å²) in [7, 11) is 1.64. The fourth-order valence-electron chi connectivity index (χ4n) is 2.13. The zero-order chi connectivity index (χ0) is 16.8. The number of benzene rings is 2. The van der Waals surface area contributed by atoms with E-state index in [9.17, 15) is 4.79 Å². The van der Waals surface area contributed by atoms with Gasteiger partial charge in [-0.1, -0.05) is 11.6 Å². The predicted octanol–water partition coefficient (Wildman–Crippen LogP) is 3.37. The van der Waals surface area contributed by atoms with Crippen molar-refractivity contribution in [1.29, 1.82) is 0 Å². The SMILES string of the molecule is COc1ccc([C@H](C)[NH2+]CC(=O)Nc2ccc(Cl)cc2)cc1Br. The van der Waals surface area contributed by atoms with Gasteiger partial charge in [-0.15, -0.1) is 0 Å². The summed E-state index contributed by atoms with van der Waals surface area (Å²) in [4.78, 5) is 12.0. The minimum Gasteiger partial charge on any atom is -0.496 e. The van der Waals surface area contributed by atoms with Crippen LogP contribution in [-0.2, 0) is 4.79 Å². The molecule has 0 aromatic heterocycles. The maximum atomic E-state index is 12.0. The van der Waals surface area contributed by atoms with Gasteiger partial charge in [-0.3, -0.25) is 4.79 Å². The number of amides is 1. The van der Waals surface area contributed by atoms with Gasteiger partial charge in [0, 0.05) is 16.3 Å². The average molecular weight is 399 g/mol. The first kappa shape index (κ1) is 17.8. The lowest BCUT2D eigenvalue weighted by Gasteiger charge is -2.13. The van der Waals surface area contributed by atoms with Crippen molar-refractivity contribution in [3.05, 3.63) is 57.5 Å². The zero-order valence-electron chi connectivity index (χ0n) is 13.0. The molecule has 0 heterocycles. The monoisotopic (exact) mass is 397 g/mol. The van der Waals surface area contributed by atoms with Crippen molar-refractivity contribution in [2.24, 2.45) is 0 Å². The third-order valence-electron chi connectivity index (χ3n) is 3.49. The van der Waals surface area contributed by atoms with Gasteiger partial charge in [-0.25, -0.2) is 0 Å². The highest BCUT2D eigenvalue weighted by Gasteiger charge is 2.13. The predicted molar refractivity (Wildman–Crippen MR) is 96.0 cm³/mol. The number of methoxy groups -OCH3 is 1. The Bertz CT molecular complexity index is 677. The fourth-order valence-corrected chi connectivity index (χ4v) is 2.82. The van der Waals surface area contributed by atoms with Crippen molar-refractivity contribution in [3.63, 3.8) is 0 Å². The van der Waals surface area contributed by atoms with Crippen LogP contribution in [0.2, 0.25) is 5.02 Å². The van der Waals surface area contributed by atoms with Gasteiger partial charge in [0.1, 0.15) is 11.8 Å². The van der Waals surface area contributed by atoms with E-state index < -0.39 is 0 Å². The van der Waals surface area contributed by atoms with E-state index in [1.807, 2.05) is 23.5 Å². The molecule has 0 aliphatic heterocycles. The van der Waals surface area contributed by atoms with Crippen LogP contribution in [0.5, 0.6) is 5.75 Å². The molecule has 2 aromatic rings. The van der Waals surface area contributed by atoms with Crippen LogP contribution >= 0.6 is 27.5 Å². The maximum absolute atomic E-state index is 12.0. The molecule has 0 fully saturated rings. The first-order valence-electron chi connectivity index (χ1n) is 7.22. The Morgan fingerprint density at radius 1 is 1.30 bits per heavy atom. The number of ether oxygens (including phenoxy) is 1. The van der Waals surface area contributed by atoms with Gasteiger partial charge in [-0.05, 0) is 65.3 Å². The number of nitrogens with one attached hydrogen (secondary N) is 1. The summed E-state index contributed by atoms with van der Waals surface area (Å²) >= 11 is 9.30. The van der Waals surface area contributed by atoms with Crippen LogP contribution in [0, 0.1) is 0 Å². The Kier molecular flexibility index (Phi) is 6.45. The van der Waals surface area contributed by atoms with Crippen LogP contribution in [0.3, 0.4) is 0 Å². The van der Waals surface area contributed by atoms with E-state index in [0.717, 1.165) is 21.5 Å². The van der Waals surface area contributed by atoms with Crippen molar-refractivity contribution in [2.45, 2.75) is 13.0 Å². The number of nitrogens with two attached hydrogens (primary N) is 1. The summed E-state index contributed by atoms with van der Waals surface area (Å²) in [6, 6.07) is 13.1. The molecule has 0 spiro atoms. The van der Waals surface area contributed by atoms with Gasteiger partial charge in [-0.2, -0.15) is 0 Å². The van der Waals surface area contributed by atoms with Crippen molar-refractivity contribution >= 4 is 39.1 Å². The minimum atomic E-state index is -0.0493. The molecule has 23 heavy (non-hydrogen) atoms. The van der Waals surface area contributed by atoms with Gasteiger partial charge < -0.3 is 15.4 Å². The molecule has 2 rings (SSSR count). The van der Waals surface area contributed by atoms with Crippen molar-refractivity contribution in [1.82, 2.24) is 0 Å². The smallest absolute Gasteiger partial charge is 0.279 e. The number of hydrogen-bond acceptors (Lipinski definition) is 2. The van der Waals surface area contributed by atoms with Crippen molar-refractivity contribution in [2.75, 3.05) is 19.0 Å². The number of quaternary nitrogens is 1. The molecule has 0 aliphatic carbocycles. The standard InChI is InChI=1S/C17H18BrClN2O2/c1-11(12-3-8-16(23-2)15(18)9-12)20-10-17(22)21-14-6-4-13(19)5-7-14/h3-9,11,20H,10H2,1-2H3,(H,21,22)/p+1/t11-/m0/s1. The molecule has 0 saturated carbocycles. The van der Waals surface area contributed by atoms with E-state index in [2.05, 4.69) is 28.2 Å². The highest BCUT2D eigenvalue weighted by atomic mass is 79.9. The van der Waals surface area contributed by atoms with Crippen molar-refractivity contribution in [3.8, 4) is 5.75 Å². The Balaban J connectivity index is 1.88. The van der Waals surface area contributed by atoms with Gasteiger partial charge in [0.05, 0.1) is 11.6 Å². The summed E-state index contributed by atoms with van der Waals surface area (Å²) in [5.74, 6) is 0.744. The fraction of sp³-hybridized carbons (Fsp3) is 0.235. The Morgan fingerprint density at radius 3 is 2.61 bits per heavy atom. The van der Waals surface area contributed by atoms with E-state index in [-0.39, 0.29) is 11.9 Å². The van der Waals surface area contributed by atoms with Gasteiger partial charge in [0.2, 0.25) is 0 Å². The van der Waals surface area contributed by atoms with E-state index >= 15 is 0 Å². The van der Waals surface area contributed by atoms with Crippen LogP contribution in [0.4, 0.5) is 5.69 Å². The third kappa shape index (κ3) is 5.23. The second-order valence-electron chi connectivity index (χ2n) is 5.18. The second kappa shape index (κ2) is 8.34. The maximum Gasteiger partial charge on any atom is 0.279 e. The van der Waals surface area contributed by atoms with Crippen LogP contribution in [0.15, 0.2) is 46.9 Å². The molecule has 122 valence electrons. The lowest BCUT2D eigenvalue weighted by atomic mass is 10.1. The van der Waals surface area contributed by atoms with Crippen LogP contribution in [0.25, 0.3) is 0 Å². The molecule has 0 bridgehead atoms. The lowest BCUT2D eigenvalue weighted by molar-refractivity contribution is -0.682. The van der Waals surface area contributed by atoms with E-state index in [0.29, 0.717) is 11.6 Å². The number of halogens is 2. The van der Waals surface area contributed by atoms with Crippen LogP contribution in [0.1, 0.15) is 18.5 Å². The molecule has 0 unspecified atom stereocenters. The molecule has 1 amide bonds. The number of hydrogen-bond donors (Lipinski definition) is 2. The number of carbonyl (C=O) groups excluding carboxylic acids is 1. The Hall–Kier alpha value is -1.56. The van der Waals surface area contributed by atoms with Crippen molar-refractivity contribution < 1.29 is 14.8 Å². The summed E-state index contributed by atoms with van der Waals surface area (Å²) in [5.41, 5.74) is 1.87. The first-order valence-corrected chi connectivity index (χ1v) is 8.39. The van der Waals surface area contributed by atoms with Gasteiger partial charge >= 0.3 is 0 Å². The Morgan fingerprint density at radius 2 is 2.00 bits per heavy atom. The summed E-state index contributed by atoms with van der Waals surface area (Å²) in [6.07, 6.45) is 0. The van der Waals surface area contributed by atoms with Gasteiger partial charge in [0.15, 0.2) is 6.54 Å². The first-order chi connectivity index (χ1) is 11.0. The third-order valence-corrected chi connectivity index (χ3v) is 4.36. The second-order valence-corrected chi connectivity index (χ2v) is 6.47. The highest BCUT2D eigenvalue weighted by molar-refractivity contribution is 9.10. The average Bonchev–Trinajstić information content (AvgIpc) is 2.54. The number of carbonyl (C=O) groups is 1.